The molecular formula is C19H21N. The summed E-state index contributed by atoms with van der Waals surface area (Å²) in [5.74, 6) is 0. The van der Waals surface area contributed by atoms with Gasteiger partial charge in [-0.25, -0.2) is 0 Å². The van der Waals surface area contributed by atoms with Gasteiger partial charge < -0.3 is 0 Å². The fourth-order valence-electron chi connectivity index (χ4n) is 2.09. The SMILES string of the molecule is C/C=C(\C=C/CC)c1cc(-c2ccc(C)cc2)ccn1. The van der Waals surface area contributed by atoms with Crippen molar-refractivity contribution in [3.63, 3.8) is 0 Å². The van der Waals surface area contributed by atoms with Gasteiger partial charge in [0, 0.05) is 6.20 Å². The van der Waals surface area contributed by atoms with Crippen LogP contribution in [-0.4, -0.2) is 4.98 Å². The van der Waals surface area contributed by atoms with Gasteiger partial charge in [0.05, 0.1) is 5.69 Å². The van der Waals surface area contributed by atoms with Crippen molar-refractivity contribution in [3.05, 3.63) is 72.1 Å². The number of aromatic nitrogens is 1. The molecule has 0 radical (unpaired) electrons. The molecule has 20 heavy (non-hydrogen) atoms. The Balaban J connectivity index is 2.37. The van der Waals surface area contributed by atoms with E-state index in [1.165, 1.54) is 22.3 Å². The maximum absolute atomic E-state index is 4.49. The van der Waals surface area contributed by atoms with E-state index in [0.29, 0.717) is 0 Å². The number of allylic oxidation sites excluding steroid dienone is 4. The summed E-state index contributed by atoms with van der Waals surface area (Å²) in [6, 6.07) is 12.8. The lowest BCUT2D eigenvalue weighted by Crippen LogP contribution is -1.88. The monoisotopic (exact) mass is 263 g/mol. The molecule has 0 fully saturated rings. The summed E-state index contributed by atoms with van der Waals surface area (Å²) in [7, 11) is 0. The second-order valence-electron chi connectivity index (χ2n) is 4.85. The fourth-order valence-corrected chi connectivity index (χ4v) is 2.09. The highest BCUT2D eigenvalue weighted by Gasteiger charge is 2.02. The second kappa shape index (κ2) is 6.85. The summed E-state index contributed by atoms with van der Waals surface area (Å²) in [6.45, 7) is 6.30. The Bertz CT molecular complexity index is 618. The van der Waals surface area contributed by atoms with E-state index in [0.717, 1.165) is 12.1 Å². The predicted molar refractivity (Wildman–Crippen MR) is 87.5 cm³/mol. The van der Waals surface area contributed by atoms with E-state index in [-0.39, 0.29) is 0 Å². The largest absolute Gasteiger partial charge is 0.256 e. The number of benzene rings is 1. The highest BCUT2D eigenvalue weighted by atomic mass is 14.7. The topological polar surface area (TPSA) is 12.9 Å². The summed E-state index contributed by atoms with van der Waals surface area (Å²) >= 11 is 0. The Morgan fingerprint density at radius 3 is 2.50 bits per heavy atom. The molecule has 0 aliphatic heterocycles. The molecule has 1 nitrogen and oxygen atoms in total. The van der Waals surface area contributed by atoms with Gasteiger partial charge >= 0.3 is 0 Å². The normalized spacial score (nSPS) is 12.1. The number of rotatable bonds is 4. The third kappa shape index (κ3) is 3.45. The van der Waals surface area contributed by atoms with Crippen molar-refractivity contribution in [3.8, 4) is 11.1 Å². The molecule has 1 aromatic carbocycles. The zero-order valence-corrected chi connectivity index (χ0v) is 12.4. The lowest BCUT2D eigenvalue weighted by molar-refractivity contribution is 1.22. The molecule has 0 aliphatic carbocycles. The minimum Gasteiger partial charge on any atom is -0.256 e. The molecule has 0 N–H and O–H groups in total. The van der Waals surface area contributed by atoms with Gasteiger partial charge in [0.2, 0.25) is 0 Å². The molecule has 0 amide bonds. The highest BCUT2D eigenvalue weighted by molar-refractivity contribution is 5.75. The molecule has 0 bridgehead atoms. The molecule has 102 valence electrons. The van der Waals surface area contributed by atoms with Crippen molar-refractivity contribution in [2.24, 2.45) is 0 Å². The maximum Gasteiger partial charge on any atom is 0.0704 e. The van der Waals surface area contributed by atoms with Crippen molar-refractivity contribution in [1.29, 1.82) is 0 Å². The number of nitrogens with zero attached hydrogens (tertiary/aromatic N) is 1. The first-order chi connectivity index (χ1) is 9.74. The van der Waals surface area contributed by atoms with E-state index >= 15 is 0 Å². The van der Waals surface area contributed by atoms with Crippen LogP contribution in [0.2, 0.25) is 0 Å². The molecule has 0 saturated heterocycles. The third-order valence-corrected chi connectivity index (χ3v) is 3.28. The summed E-state index contributed by atoms with van der Waals surface area (Å²) in [6.07, 6.45) is 9.33. The van der Waals surface area contributed by atoms with Crippen molar-refractivity contribution < 1.29 is 0 Å². The first-order valence-electron chi connectivity index (χ1n) is 7.11. The average Bonchev–Trinajstić information content (AvgIpc) is 2.49. The maximum atomic E-state index is 4.49. The zero-order valence-electron chi connectivity index (χ0n) is 12.4. The van der Waals surface area contributed by atoms with E-state index in [1.807, 2.05) is 6.20 Å². The van der Waals surface area contributed by atoms with Crippen LogP contribution in [0.1, 0.15) is 31.5 Å². The molecule has 0 unspecified atom stereocenters. The van der Waals surface area contributed by atoms with Gasteiger partial charge in [0.15, 0.2) is 0 Å². The minimum absolute atomic E-state index is 1.02. The molecule has 1 aromatic heterocycles. The molecule has 0 spiro atoms. The Hall–Kier alpha value is -2.15. The Kier molecular flexibility index (Phi) is 4.89. The van der Waals surface area contributed by atoms with Crippen molar-refractivity contribution in [2.75, 3.05) is 0 Å². The smallest absolute Gasteiger partial charge is 0.0704 e. The van der Waals surface area contributed by atoms with Gasteiger partial charge in [-0.05, 0) is 49.1 Å². The molecule has 2 rings (SSSR count). The molecule has 0 saturated carbocycles. The van der Waals surface area contributed by atoms with Crippen LogP contribution in [0.3, 0.4) is 0 Å². The van der Waals surface area contributed by atoms with Crippen LogP contribution in [0.25, 0.3) is 16.7 Å². The zero-order chi connectivity index (χ0) is 14.4. The van der Waals surface area contributed by atoms with Crippen molar-refractivity contribution >= 4 is 5.57 Å². The quantitative estimate of drug-likeness (QED) is 0.670. The standard InChI is InChI=1S/C19H21N/c1-4-6-7-16(5-2)19-14-18(12-13-20-19)17-10-8-15(3)9-11-17/h5-14H,4H2,1-3H3/b7-6-,16-5+. The van der Waals surface area contributed by atoms with Gasteiger partial charge in [0.1, 0.15) is 0 Å². The number of hydrogen-bond acceptors (Lipinski definition) is 1. The van der Waals surface area contributed by atoms with Crippen LogP contribution in [-0.2, 0) is 0 Å². The minimum atomic E-state index is 1.02. The van der Waals surface area contributed by atoms with Crippen molar-refractivity contribution in [2.45, 2.75) is 27.2 Å². The molecule has 1 heterocycles. The summed E-state index contributed by atoms with van der Waals surface area (Å²) in [4.78, 5) is 4.49. The number of hydrogen-bond donors (Lipinski definition) is 0. The molecule has 1 heteroatoms. The van der Waals surface area contributed by atoms with Crippen LogP contribution < -0.4 is 0 Å². The summed E-state index contributed by atoms with van der Waals surface area (Å²) < 4.78 is 0. The van der Waals surface area contributed by atoms with Gasteiger partial charge in [-0.3, -0.25) is 4.98 Å². The van der Waals surface area contributed by atoms with E-state index in [2.05, 4.69) is 80.4 Å². The molecule has 0 aliphatic rings. The lowest BCUT2D eigenvalue weighted by atomic mass is 10.0. The van der Waals surface area contributed by atoms with Crippen LogP contribution in [0, 0.1) is 6.92 Å². The predicted octanol–water partition coefficient (Wildman–Crippen LogP) is 5.43. The highest BCUT2D eigenvalue weighted by Crippen LogP contribution is 2.23. The van der Waals surface area contributed by atoms with Gasteiger partial charge in [0.25, 0.3) is 0 Å². The van der Waals surface area contributed by atoms with Crippen LogP contribution in [0.5, 0.6) is 0 Å². The number of aryl methyl sites for hydroxylation is 1. The lowest BCUT2D eigenvalue weighted by Gasteiger charge is -2.06. The van der Waals surface area contributed by atoms with Crippen LogP contribution in [0.15, 0.2) is 60.8 Å². The summed E-state index contributed by atoms with van der Waals surface area (Å²) in [5.41, 5.74) is 5.91. The van der Waals surface area contributed by atoms with E-state index < -0.39 is 0 Å². The number of pyridine rings is 1. The average molecular weight is 263 g/mol. The first-order valence-corrected chi connectivity index (χ1v) is 7.11. The Morgan fingerprint density at radius 1 is 1.10 bits per heavy atom. The molecule has 0 atom stereocenters. The van der Waals surface area contributed by atoms with Gasteiger partial charge in [-0.2, -0.15) is 0 Å². The van der Waals surface area contributed by atoms with Crippen LogP contribution in [0.4, 0.5) is 0 Å². The molecular weight excluding hydrogens is 242 g/mol. The molecule has 2 aromatic rings. The van der Waals surface area contributed by atoms with Gasteiger partial charge in [-0.1, -0.05) is 55.0 Å². The Morgan fingerprint density at radius 2 is 1.85 bits per heavy atom. The van der Waals surface area contributed by atoms with Crippen molar-refractivity contribution in [1.82, 2.24) is 4.98 Å². The van der Waals surface area contributed by atoms with E-state index in [1.54, 1.807) is 0 Å². The van der Waals surface area contributed by atoms with E-state index in [4.69, 9.17) is 0 Å². The fraction of sp³-hybridized carbons (Fsp3) is 0.211. The van der Waals surface area contributed by atoms with Crippen LogP contribution >= 0.6 is 0 Å². The third-order valence-electron chi connectivity index (χ3n) is 3.28. The second-order valence-corrected chi connectivity index (χ2v) is 4.85. The van der Waals surface area contributed by atoms with E-state index in [9.17, 15) is 0 Å². The van der Waals surface area contributed by atoms with Gasteiger partial charge in [-0.15, -0.1) is 0 Å². The Labute approximate surface area is 121 Å². The first kappa shape index (κ1) is 14.3. The summed E-state index contributed by atoms with van der Waals surface area (Å²) in [5, 5.41) is 0.